The van der Waals surface area contributed by atoms with Crippen LogP contribution in [0.5, 0.6) is 0 Å². The van der Waals surface area contributed by atoms with Gasteiger partial charge in [-0.15, -0.1) is 0 Å². The van der Waals surface area contributed by atoms with Crippen molar-refractivity contribution in [1.82, 2.24) is 15.3 Å². The molecule has 8 heteroatoms. The van der Waals surface area contributed by atoms with E-state index >= 15 is 0 Å². The molecular weight excluding hydrogens is 250 g/mol. The number of carbonyl (C=O) groups is 1. The number of aromatic amines is 1. The number of hydrogen-bond acceptors (Lipinski definition) is 6. The van der Waals surface area contributed by atoms with Crippen LogP contribution in [0.4, 0.5) is 11.8 Å². The molecule has 1 unspecified atom stereocenters. The Labute approximate surface area is 108 Å². The molecule has 3 rings (SSSR count). The highest BCUT2D eigenvalue weighted by molar-refractivity contribution is 5.78. The van der Waals surface area contributed by atoms with E-state index in [2.05, 4.69) is 15.3 Å². The number of rotatable bonds is 1. The normalized spacial score (nSPS) is 26.7. The summed E-state index contributed by atoms with van der Waals surface area (Å²) in [5.41, 5.74) is 4.88. The van der Waals surface area contributed by atoms with E-state index in [1.54, 1.807) is 0 Å². The molecular formula is C11H15N5O3. The standard InChI is InChI=1S/C11H15N5O3/c12-10-14-7(3-8(17)15-10)16-2-1-11(6-16)5-13-9(18)4-19-11/h3H,1-2,4-6H2,(H,13,18)(H3,12,14,15,17). The third kappa shape index (κ3) is 2.26. The topological polar surface area (TPSA) is 113 Å². The van der Waals surface area contributed by atoms with Crippen LogP contribution in [0, 0.1) is 0 Å². The van der Waals surface area contributed by atoms with Gasteiger partial charge in [0, 0.05) is 19.2 Å². The predicted molar refractivity (Wildman–Crippen MR) is 67.8 cm³/mol. The molecule has 1 aromatic heterocycles. The van der Waals surface area contributed by atoms with E-state index in [4.69, 9.17) is 10.5 Å². The van der Waals surface area contributed by atoms with Crippen molar-refractivity contribution in [3.8, 4) is 0 Å². The number of nitrogens with zero attached hydrogens (tertiary/aromatic N) is 2. The first kappa shape index (κ1) is 12.0. The number of morpholine rings is 1. The Morgan fingerprint density at radius 2 is 2.32 bits per heavy atom. The number of nitrogen functional groups attached to an aromatic ring is 1. The zero-order valence-electron chi connectivity index (χ0n) is 10.3. The molecule has 3 heterocycles. The lowest BCUT2D eigenvalue weighted by molar-refractivity contribution is -0.141. The third-order valence-corrected chi connectivity index (χ3v) is 3.50. The highest BCUT2D eigenvalue weighted by atomic mass is 16.5. The van der Waals surface area contributed by atoms with Crippen LogP contribution in [0.1, 0.15) is 6.42 Å². The number of amides is 1. The van der Waals surface area contributed by atoms with Gasteiger partial charge in [-0.3, -0.25) is 14.6 Å². The third-order valence-electron chi connectivity index (χ3n) is 3.50. The number of aromatic nitrogens is 2. The van der Waals surface area contributed by atoms with Crippen LogP contribution in [-0.2, 0) is 9.53 Å². The number of nitrogens with two attached hydrogens (primary N) is 1. The first-order valence-electron chi connectivity index (χ1n) is 6.09. The summed E-state index contributed by atoms with van der Waals surface area (Å²) in [6.07, 6.45) is 0.779. The number of H-pyrrole nitrogens is 1. The van der Waals surface area contributed by atoms with Gasteiger partial charge in [-0.1, -0.05) is 0 Å². The van der Waals surface area contributed by atoms with Crippen LogP contribution < -0.4 is 21.5 Å². The average molecular weight is 265 g/mol. The van der Waals surface area contributed by atoms with Crippen molar-refractivity contribution in [3.05, 3.63) is 16.4 Å². The minimum Gasteiger partial charge on any atom is -0.369 e. The van der Waals surface area contributed by atoms with Crippen LogP contribution in [0.25, 0.3) is 0 Å². The van der Waals surface area contributed by atoms with E-state index in [-0.39, 0.29) is 29.6 Å². The number of carbonyl (C=O) groups excluding carboxylic acids is 1. The molecule has 0 aliphatic carbocycles. The first-order chi connectivity index (χ1) is 9.06. The summed E-state index contributed by atoms with van der Waals surface area (Å²) in [7, 11) is 0. The molecule has 102 valence electrons. The number of anilines is 2. The second-order valence-corrected chi connectivity index (χ2v) is 4.91. The van der Waals surface area contributed by atoms with E-state index < -0.39 is 0 Å². The monoisotopic (exact) mass is 265 g/mol. The smallest absolute Gasteiger partial charge is 0.254 e. The molecule has 0 radical (unpaired) electrons. The van der Waals surface area contributed by atoms with E-state index in [0.29, 0.717) is 25.5 Å². The summed E-state index contributed by atoms with van der Waals surface area (Å²) in [6.45, 7) is 1.87. The molecule has 19 heavy (non-hydrogen) atoms. The predicted octanol–water partition coefficient (Wildman–Crippen LogP) is -1.55. The van der Waals surface area contributed by atoms with Crippen molar-refractivity contribution < 1.29 is 9.53 Å². The molecule has 1 spiro atoms. The minimum atomic E-state index is -0.382. The molecule has 2 fully saturated rings. The maximum Gasteiger partial charge on any atom is 0.254 e. The second-order valence-electron chi connectivity index (χ2n) is 4.91. The quantitative estimate of drug-likeness (QED) is 0.566. The lowest BCUT2D eigenvalue weighted by Gasteiger charge is -2.33. The Bertz CT molecular complexity index is 560. The van der Waals surface area contributed by atoms with Gasteiger partial charge in [0.2, 0.25) is 11.9 Å². The van der Waals surface area contributed by atoms with Gasteiger partial charge >= 0.3 is 0 Å². The zero-order valence-corrected chi connectivity index (χ0v) is 10.3. The largest absolute Gasteiger partial charge is 0.369 e. The number of ether oxygens (including phenoxy) is 1. The van der Waals surface area contributed by atoms with Crippen LogP contribution in [0.3, 0.4) is 0 Å². The average Bonchev–Trinajstić information content (AvgIpc) is 2.77. The zero-order chi connectivity index (χ0) is 13.5. The van der Waals surface area contributed by atoms with E-state index in [1.807, 2.05) is 4.90 Å². The van der Waals surface area contributed by atoms with Crippen molar-refractivity contribution in [2.24, 2.45) is 0 Å². The van der Waals surface area contributed by atoms with Gasteiger partial charge in [0.25, 0.3) is 5.56 Å². The van der Waals surface area contributed by atoms with Crippen molar-refractivity contribution in [2.45, 2.75) is 12.0 Å². The van der Waals surface area contributed by atoms with Crippen LogP contribution in [-0.4, -0.2) is 47.7 Å². The summed E-state index contributed by atoms with van der Waals surface area (Å²) in [6, 6.07) is 1.41. The van der Waals surface area contributed by atoms with Gasteiger partial charge in [0.15, 0.2) is 0 Å². The summed E-state index contributed by atoms with van der Waals surface area (Å²) in [5, 5.41) is 2.81. The summed E-state index contributed by atoms with van der Waals surface area (Å²) < 4.78 is 5.65. The SMILES string of the molecule is Nc1nc(N2CCC3(CNC(=O)CO3)C2)cc(=O)[nH]1. The van der Waals surface area contributed by atoms with Crippen LogP contribution in [0.2, 0.25) is 0 Å². The van der Waals surface area contributed by atoms with E-state index in [1.165, 1.54) is 6.07 Å². The molecule has 8 nitrogen and oxygen atoms in total. The fraction of sp³-hybridized carbons (Fsp3) is 0.545. The fourth-order valence-corrected chi connectivity index (χ4v) is 2.51. The lowest BCUT2D eigenvalue weighted by atomic mass is 10.0. The molecule has 1 amide bonds. The Morgan fingerprint density at radius 3 is 3.00 bits per heavy atom. The Hall–Kier alpha value is -2.09. The number of nitrogens with one attached hydrogen (secondary N) is 2. The lowest BCUT2D eigenvalue weighted by Crippen LogP contribution is -2.53. The maximum absolute atomic E-state index is 11.4. The minimum absolute atomic E-state index is 0.0821. The van der Waals surface area contributed by atoms with Gasteiger partial charge in [-0.05, 0) is 6.42 Å². The van der Waals surface area contributed by atoms with Crippen LogP contribution in [0.15, 0.2) is 10.9 Å². The molecule has 0 saturated carbocycles. The molecule has 2 saturated heterocycles. The molecule has 4 N–H and O–H groups in total. The van der Waals surface area contributed by atoms with Crippen molar-refractivity contribution in [2.75, 3.05) is 36.9 Å². The summed E-state index contributed by atoms with van der Waals surface area (Å²) >= 11 is 0. The van der Waals surface area contributed by atoms with Crippen molar-refractivity contribution in [3.63, 3.8) is 0 Å². The van der Waals surface area contributed by atoms with Gasteiger partial charge in [-0.25, -0.2) is 0 Å². The van der Waals surface area contributed by atoms with E-state index in [0.717, 1.165) is 6.42 Å². The van der Waals surface area contributed by atoms with Gasteiger partial charge in [0.05, 0.1) is 6.54 Å². The van der Waals surface area contributed by atoms with Gasteiger partial charge in [0.1, 0.15) is 18.0 Å². The van der Waals surface area contributed by atoms with Crippen molar-refractivity contribution in [1.29, 1.82) is 0 Å². The molecule has 2 aliphatic heterocycles. The molecule has 1 atom stereocenters. The fourth-order valence-electron chi connectivity index (χ4n) is 2.51. The van der Waals surface area contributed by atoms with Gasteiger partial charge < -0.3 is 20.7 Å². The summed E-state index contributed by atoms with van der Waals surface area (Å²) in [4.78, 5) is 31.0. The Balaban J connectivity index is 1.78. The summed E-state index contributed by atoms with van der Waals surface area (Å²) in [5.74, 6) is 0.544. The maximum atomic E-state index is 11.4. The second kappa shape index (κ2) is 4.23. The Kier molecular flexibility index (Phi) is 2.67. The highest BCUT2D eigenvalue weighted by Crippen LogP contribution is 2.29. The van der Waals surface area contributed by atoms with Crippen molar-refractivity contribution >= 4 is 17.7 Å². The molecule has 0 aromatic carbocycles. The molecule has 0 bridgehead atoms. The van der Waals surface area contributed by atoms with Gasteiger partial charge in [-0.2, -0.15) is 4.98 Å². The molecule has 2 aliphatic rings. The van der Waals surface area contributed by atoms with E-state index in [9.17, 15) is 9.59 Å². The van der Waals surface area contributed by atoms with Crippen LogP contribution >= 0.6 is 0 Å². The highest BCUT2D eigenvalue weighted by Gasteiger charge is 2.42. The number of hydrogen-bond donors (Lipinski definition) is 3. The Morgan fingerprint density at radius 1 is 1.47 bits per heavy atom. The first-order valence-corrected chi connectivity index (χ1v) is 6.09. The molecule has 1 aromatic rings.